The highest BCUT2D eigenvalue weighted by Gasteiger charge is 2.23. The van der Waals surface area contributed by atoms with Gasteiger partial charge in [-0.1, -0.05) is 37.7 Å². The van der Waals surface area contributed by atoms with Crippen LogP contribution < -0.4 is 5.32 Å². The van der Waals surface area contributed by atoms with Crippen molar-refractivity contribution in [2.24, 2.45) is 0 Å². The topological polar surface area (TPSA) is 84.3 Å². The molecule has 10 heteroatoms. The number of amides is 1. The van der Waals surface area contributed by atoms with Crippen LogP contribution in [0.4, 0.5) is 4.39 Å². The number of sulfonamides is 1. The van der Waals surface area contributed by atoms with Gasteiger partial charge in [0, 0.05) is 26.2 Å². The first kappa shape index (κ1) is 24.2. The van der Waals surface area contributed by atoms with Crippen LogP contribution in [0.3, 0.4) is 0 Å². The zero-order valence-electron chi connectivity index (χ0n) is 18.3. The van der Waals surface area contributed by atoms with E-state index >= 15 is 0 Å². The quantitative estimate of drug-likeness (QED) is 0.450. The first-order valence-corrected chi connectivity index (χ1v) is 12.9. The molecule has 3 aromatic rings. The van der Waals surface area contributed by atoms with Crippen molar-refractivity contribution in [3.05, 3.63) is 53.8 Å². The van der Waals surface area contributed by atoms with Gasteiger partial charge in [-0.3, -0.25) is 4.79 Å². The maximum Gasteiger partial charge on any atom is 0.243 e. The lowest BCUT2D eigenvalue weighted by atomic mass is 10.2. The summed E-state index contributed by atoms with van der Waals surface area (Å²) in [4.78, 5) is 17.1. The minimum atomic E-state index is -3.58. The third-order valence-electron chi connectivity index (χ3n) is 5.08. The SMILES string of the molecule is CCN(CC)S(=O)(=O)c1ccc2c(c1)nc(SCC(=O)NCc1ccc(F)cc1)n2CC. The molecule has 0 bridgehead atoms. The number of carbonyl (C=O) groups excluding carboxylic acids is 1. The van der Waals surface area contributed by atoms with E-state index in [0.717, 1.165) is 11.1 Å². The molecule has 1 N–H and O–H groups in total. The second-order valence-corrected chi connectivity index (χ2v) is 9.95. The Morgan fingerprint density at radius 1 is 1.12 bits per heavy atom. The fourth-order valence-electron chi connectivity index (χ4n) is 3.36. The van der Waals surface area contributed by atoms with Gasteiger partial charge in [0.25, 0.3) is 0 Å². The average molecular weight is 479 g/mol. The molecular formula is C22H27FN4O3S2. The minimum absolute atomic E-state index is 0.162. The molecule has 2 aromatic carbocycles. The number of benzene rings is 2. The van der Waals surface area contributed by atoms with E-state index in [-0.39, 0.29) is 22.4 Å². The van der Waals surface area contributed by atoms with Crippen LogP contribution in [-0.2, 0) is 27.9 Å². The van der Waals surface area contributed by atoms with Gasteiger partial charge >= 0.3 is 0 Å². The number of nitrogens with one attached hydrogen (secondary N) is 1. The van der Waals surface area contributed by atoms with Crippen molar-refractivity contribution in [2.75, 3.05) is 18.8 Å². The standard InChI is InChI=1S/C22H27FN4O3S2/c1-4-26(5-2)32(29,30)18-11-12-20-19(13-18)25-22(27(20)6-3)31-15-21(28)24-14-16-7-9-17(23)10-8-16/h7-13H,4-6,14-15H2,1-3H3,(H,24,28). The summed E-state index contributed by atoms with van der Waals surface area (Å²) in [6, 6.07) is 10.9. The molecular weight excluding hydrogens is 451 g/mol. The van der Waals surface area contributed by atoms with Crippen LogP contribution >= 0.6 is 11.8 Å². The summed E-state index contributed by atoms with van der Waals surface area (Å²) in [6.45, 7) is 7.33. The number of imidazole rings is 1. The van der Waals surface area contributed by atoms with Crippen molar-refractivity contribution in [1.29, 1.82) is 0 Å². The zero-order valence-corrected chi connectivity index (χ0v) is 20.0. The Balaban J connectivity index is 1.73. The molecule has 0 aliphatic heterocycles. The molecule has 3 rings (SSSR count). The lowest BCUT2D eigenvalue weighted by molar-refractivity contribution is -0.118. The van der Waals surface area contributed by atoms with Crippen LogP contribution in [0.2, 0.25) is 0 Å². The number of aromatic nitrogens is 2. The predicted molar refractivity (Wildman–Crippen MR) is 124 cm³/mol. The van der Waals surface area contributed by atoms with Crippen LogP contribution in [-0.4, -0.2) is 47.0 Å². The Labute approximate surface area is 192 Å². The van der Waals surface area contributed by atoms with Crippen LogP contribution in [0.25, 0.3) is 11.0 Å². The van der Waals surface area contributed by atoms with E-state index < -0.39 is 10.0 Å². The summed E-state index contributed by atoms with van der Waals surface area (Å²) >= 11 is 1.29. The third-order valence-corrected chi connectivity index (χ3v) is 8.10. The lowest BCUT2D eigenvalue weighted by Gasteiger charge is -2.18. The zero-order chi connectivity index (χ0) is 23.3. The minimum Gasteiger partial charge on any atom is -0.351 e. The number of fused-ring (bicyclic) bond motifs is 1. The first-order chi connectivity index (χ1) is 15.3. The van der Waals surface area contributed by atoms with E-state index in [1.807, 2.05) is 11.5 Å². The summed E-state index contributed by atoms with van der Waals surface area (Å²) in [7, 11) is -3.58. The molecule has 0 saturated heterocycles. The molecule has 1 amide bonds. The summed E-state index contributed by atoms with van der Waals surface area (Å²) < 4.78 is 42.0. The summed E-state index contributed by atoms with van der Waals surface area (Å²) in [5.74, 6) is -0.323. The van der Waals surface area contributed by atoms with Gasteiger partial charge in [0.05, 0.1) is 21.7 Å². The van der Waals surface area contributed by atoms with Gasteiger partial charge in [-0.15, -0.1) is 0 Å². The molecule has 172 valence electrons. The van der Waals surface area contributed by atoms with Crippen molar-refractivity contribution < 1.29 is 17.6 Å². The second kappa shape index (κ2) is 10.5. The summed E-state index contributed by atoms with van der Waals surface area (Å²) in [6.07, 6.45) is 0. The third kappa shape index (κ3) is 5.31. The Bertz CT molecular complexity index is 1190. The van der Waals surface area contributed by atoms with Gasteiger partial charge in [0.15, 0.2) is 5.16 Å². The molecule has 7 nitrogen and oxygen atoms in total. The van der Waals surface area contributed by atoms with Gasteiger partial charge in [0.1, 0.15) is 5.82 Å². The average Bonchev–Trinajstić information content (AvgIpc) is 3.14. The molecule has 0 aliphatic rings. The molecule has 32 heavy (non-hydrogen) atoms. The van der Waals surface area contributed by atoms with Gasteiger partial charge in [-0.2, -0.15) is 4.31 Å². The van der Waals surface area contributed by atoms with Crippen molar-refractivity contribution in [3.8, 4) is 0 Å². The van der Waals surface area contributed by atoms with E-state index in [4.69, 9.17) is 0 Å². The van der Waals surface area contributed by atoms with Crippen molar-refractivity contribution in [2.45, 2.75) is 43.9 Å². The number of hydrogen-bond donors (Lipinski definition) is 1. The highest BCUT2D eigenvalue weighted by Crippen LogP contribution is 2.27. The molecule has 0 spiro atoms. The fraction of sp³-hybridized carbons (Fsp3) is 0.364. The Morgan fingerprint density at radius 3 is 2.44 bits per heavy atom. The first-order valence-electron chi connectivity index (χ1n) is 10.4. The van der Waals surface area contributed by atoms with Gasteiger partial charge in [0.2, 0.25) is 15.9 Å². The van der Waals surface area contributed by atoms with Crippen molar-refractivity contribution >= 4 is 38.7 Å². The van der Waals surface area contributed by atoms with E-state index in [1.54, 1.807) is 44.2 Å². The number of rotatable bonds is 10. The Morgan fingerprint density at radius 2 is 1.81 bits per heavy atom. The van der Waals surface area contributed by atoms with Crippen molar-refractivity contribution in [3.63, 3.8) is 0 Å². The molecule has 0 atom stereocenters. The number of nitrogens with zero attached hydrogens (tertiary/aromatic N) is 3. The van der Waals surface area contributed by atoms with Crippen LogP contribution in [0.15, 0.2) is 52.5 Å². The molecule has 0 unspecified atom stereocenters. The Kier molecular flexibility index (Phi) is 7.91. The van der Waals surface area contributed by atoms with Crippen molar-refractivity contribution in [1.82, 2.24) is 19.2 Å². The van der Waals surface area contributed by atoms with Crippen LogP contribution in [0.1, 0.15) is 26.3 Å². The Hall–Kier alpha value is -2.43. The number of thioether (sulfide) groups is 1. The highest BCUT2D eigenvalue weighted by atomic mass is 32.2. The molecule has 0 aliphatic carbocycles. The molecule has 0 fully saturated rings. The van der Waals surface area contributed by atoms with E-state index in [0.29, 0.717) is 36.9 Å². The van der Waals surface area contributed by atoms with Crippen LogP contribution in [0.5, 0.6) is 0 Å². The largest absolute Gasteiger partial charge is 0.351 e. The molecule has 0 saturated carbocycles. The number of carbonyl (C=O) groups is 1. The van der Waals surface area contributed by atoms with E-state index in [2.05, 4.69) is 10.3 Å². The van der Waals surface area contributed by atoms with Gasteiger partial charge in [-0.25, -0.2) is 17.8 Å². The van der Waals surface area contributed by atoms with E-state index in [9.17, 15) is 17.6 Å². The monoisotopic (exact) mass is 478 g/mol. The van der Waals surface area contributed by atoms with Crippen LogP contribution in [0, 0.1) is 5.82 Å². The van der Waals surface area contributed by atoms with E-state index in [1.165, 1.54) is 28.2 Å². The predicted octanol–water partition coefficient (Wildman–Crippen LogP) is 3.63. The summed E-state index contributed by atoms with van der Waals surface area (Å²) in [5.41, 5.74) is 2.21. The number of aryl methyl sites for hydroxylation is 1. The number of halogens is 1. The highest BCUT2D eigenvalue weighted by molar-refractivity contribution is 7.99. The maximum absolute atomic E-state index is 13.0. The van der Waals surface area contributed by atoms with Gasteiger partial charge < -0.3 is 9.88 Å². The number of hydrogen-bond acceptors (Lipinski definition) is 5. The normalized spacial score (nSPS) is 11.9. The maximum atomic E-state index is 13.0. The molecule has 1 heterocycles. The lowest BCUT2D eigenvalue weighted by Crippen LogP contribution is -2.30. The smallest absolute Gasteiger partial charge is 0.243 e. The molecule has 0 radical (unpaired) electrons. The molecule has 1 aromatic heterocycles. The fourth-order valence-corrected chi connectivity index (χ4v) is 5.75. The van der Waals surface area contributed by atoms with Gasteiger partial charge in [-0.05, 0) is 42.8 Å². The summed E-state index contributed by atoms with van der Waals surface area (Å²) in [5, 5.41) is 3.46. The second-order valence-electron chi connectivity index (χ2n) is 7.07.